The molecule has 9 heteroatoms. The van der Waals surface area contributed by atoms with Gasteiger partial charge in [0.05, 0.1) is 28.8 Å². The van der Waals surface area contributed by atoms with Crippen molar-refractivity contribution in [3.05, 3.63) is 88.5 Å². The maximum absolute atomic E-state index is 12.9. The van der Waals surface area contributed by atoms with Gasteiger partial charge < -0.3 is 14.6 Å². The predicted molar refractivity (Wildman–Crippen MR) is 124 cm³/mol. The number of fused-ring (bicyclic) bond motifs is 1. The Morgan fingerprint density at radius 1 is 1.12 bits per heavy atom. The van der Waals surface area contributed by atoms with Crippen LogP contribution in [0.1, 0.15) is 5.56 Å². The van der Waals surface area contributed by atoms with Crippen LogP contribution >= 0.6 is 11.8 Å². The molecule has 0 aliphatic carbocycles. The number of hydrogen-bond donors (Lipinski definition) is 1. The van der Waals surface area contributed by atoms with E-state index in [0.29, 0.717) is 11.5 Å². The molecule has 1 N–H and O–H groups in total. The molecule has 0 unspecified atom stereocenters. The van der Waals surface area contributed by atoms with Gasteiger partial charge in [0.2, 0.25) is 5.91 Å². The molecule has 1 amide bonds. The molecule has 0 atom stereocenters. The Morgan fingerprint density at radius 2 is 1.88 bits per heavy atom. The SMILES string of the molecule is COc1ccc([N+](=O)[O-])cc1NC(=O)Cn1c(SCc2ccccc2)nc2ccccc21. The summed E-state index contributed by atoms with van der Waals surface area (Å²) in [6.07, 6.45) is 0. The number of nitro benzene ring substituents is 1. The van der Waals surface area contributed by atoms with Crippen molar-refractivity contribution in [1.82, 2.24) is 9.55 Å². The molecule has 0 aliphatic rings. The topological polar surface area (TPSA) is 99.3 Å². The van der Waals surface area contributed by atoms with Gasteiger partial charge in [-0.15, -0.1) is 0 Å². The van der Waals surface area contributed by atoms with E-state index in [1.165, 1.54) is 25.3 Å². The molecule has 0 saturated heterocycles. The molecule has 4 aromatic rings. The minimum atomic E-state index is -0.517. The van der Waals surface area contributed by atoms with Crippen LogP contribution in [-0.4, -0.2) is 27.5 Å². The van der Waals surface area contributed by atoms with Crippen molar-refractivity contribution >= 4 is 40.1 Å². The van der Waals surface area contributed by atoms with Crippen molar-refractivity contribution in [1.29, 1.82) is 0 Å². The molecule has 32 heavy (non-hydrogen) atoms. The molecular formula is C23H20N4O4S. The molecule has 0 aliphatic heterocycles. The summed E-state index contributed by atoms with van der Waals surface area (Å²) in [6, 6.07) is 21.7. The number of hydrogen-bond acceptors (Lipinski definition) is 6. The second-order valence-corrected chi connectivity index (χ2v) is 7.88. The minimum absolute atomic E-state index is 0.00345. The van der Waals surface area contributed by atoms with Crippen molar-refractivity contribution in [2.75, 3.05) is 12.4 Å². The van der Waals surface area contributed by atoms with Crippen LogP contribution in [0.15, 0.2) is 78.0 Å². The number of thioether (sulfide) groups is 1. The summed E-state index contributed by atoms with van der Waals surface area (Å²) < 4.78 is 7.09. The number of para-hydroxylation sites is 2. The van der Waals surface area contributed by atoms with Crippen LogP contribution in [-0.2, 0) is 17.1 Å². The number of rotatable bonds is 8. The van der Waals surface area contributed by atoms with Gasteiger partial charge in [-0.05, 0) is 23.8 Å². The zero-order chi connectivity index (χ0) is 22.5. The maximum atomic E-state index is 12.9. The van der Waals surface area contributed by atoms with Crippen LogP contribution in [0.5, 0.6) is 5.75 Å². The van der Waals surface area contributed by atoms with Gasteiger partial charge in [0.25, 0.3) is 5.69 Å². The number of benzene rings is 3. The maximum Gasteiger partial charge on any atom is 0.271 e. The first-order valence-electron chi connectivity index (χ1n) is 9.79. The van der Waals surface area contributed by atoms with Crippen molar-refractivity contribution in [2.45, 2.75) is 17.5 Å². The highest BCUT2D eigenvalue weighted by Gasteiger charge is 2.17. The standard InChI is InChI=1S/C23H20N4O4S/c1-31-21-12-11-17(27(29)30)13-19(21)24-22(28)14-26-20-10-6-5-9-18(20)25-23(26)32-15-16-7-3-2-4-8-16/h2-13H,14-15H2,1H3,(H,24,28). The number of non-ortho nitro benzene ring substituents is 1. The van der Waals surface area contributed by atoms with Crippen molar-refractivity contribution < 1.29 is 14.5 Å². The third kappa shape index (κ3) is 4.73. The van der Waals surface area contributed by atoms with E-state index in [9.17, 15) is 14.9 Å². The van der Waals surface area contributed by atoms with E-state index in [-0.39, 0.29) is 23.8 Å². The lowest BCUT2D eigenvalue weighted by atomic mass is 10.2. The van der Waals surface area contributed by atoms with Crippen LogP contribution in [0.4, 0.5) is 11.4 Å². The third-order valence-electron chi connectivity index (χ3n) is 4.80. The fourth-order valence-electron chi connectivity index (χ4n) is 3.28. The molecule has 1 aromatic heterocycles. The molecule has 162 valence electrons. The number of anilines is 1. The Balaban J connectivity index is 1.59. The lowest BCUT2D eigenvalue weighted by Gasteiger charge is -2.12. The van der Waals surface area contributed by atoms with E-state index >= 15 is 0 Å². The monoisotopic (exact) mass is 448 g/mol. The zero-order valence-electron chi connectivity index (χ0n) is 17.2. The van der Waals surface area contributed by atoms with Gasteiger partial charge >= 0.3 is 0 Å². The summed E-state index contributed by atoms with van der Waals surface area (Å²) in [5.41, 5.74) is 2.90. The normalized spacial score (nSPS) is 10.8. The van der Waals surface area contributed by atoms with Crippen molar-refractivity contribution in [3.8, 4) is 5.75 Å². The smallest absolute Gasteiger partial charge is 0.271 e. The van der Waals surface area contributed by atoms with E-state index in [4.69, 9.17) is 9.72 Å². The van der Waals surface area contributed by atoms with Crippen LogP contribution in [0.3, 0.4) is 0 Å². The highest BCUT2D eigenvalue weighted by molar-refractivity contribution is 7.98. The van der Waals surface area contributed by atoms with E-state index in [2.05, 4.69) is 5.32 Å². The third-order valence-corrected chi connectivity index (χ3v) is 5.85. The number of nitrogens with zero attached hydrogens (tertiary/aromatic N) is 3. The predicted octanol–water partition coefficient (Wildman–Crippen LogP) is 4.88. The lowest BCUT2D eigenvalue weighted by molar-refractivity contribution is -0.384. The number of methoxy groups -OCH3 is 1. The minimum Gasteiger partial charge on any atom is -0.495 e. The Morgan fingerprint density at radius 3 is 2.62 bits per heavy atom. The first-order valence-corrected chi connectivity index (χ1v) is 10.8. The molecule has 0 fully saturated rings. The number of aromatic nitrogens is 2. The average Bonchev–Trinajstić information content (AvgIpc) is 3.15. The molecule has 4 rings (SSSR count). The van der Waals surface area contributed by atoms with Crippen molar-refractivity contribution in [3.63, 3.8) is 0 Å². The van der Waals surface area contributed by atoms with E-state index in [1.807, 2.05) is 59.2 Å². The van der Waals surface area contributed by atoms with Crippen molar-refractivity contribution in [2.24, 2.45) is 0 Å². The molecular weight excluding hydrogens is 428 g/mol. The van der Waals surface area contributed by atoms with E-state index < -0.39 is 4.92 Å². The van der Waals surface area contributed by atoms with Gasteiger partial charge in [-0.2, -0.15) is 0 Å². The van der Waals surface area contributed by atoms with Gasteiger partial charge in [-0.25, -0.2) is 4.98 Å². The van der Waals surface area contributed by atoms with Crippen LogP contribution < -0.4 is 10.1 Å². The summed E-state index contributed by atoms with van der Waals surface area (Å²) in [4.78, 5) is 28.2. The highest BCUT2D eigenvalue weighted by atomic mass is 32.2. The number of imidazole rings is 1. The molecule has 0 saturated carbocycles. The Labute approximate surface area is 188 Å². The van der Waals surface area contributed by atoms with Gasteiger partial charge in [0.1, 0.15) is 12.3 Å². The summed E-state index contributed by atoms with van der Waals surface area (Å²) >= 11 is 1.55. The fourth-order valence-corrected chi connectivity index (χ4v) is 4.25. The van der Waals surface area contributed by atoms with Gasteiger partial charge in [0.15, 0.2) is 5.16 Å². The Bertz CT molecular complexity index is 1270. The largest absolute Gasteiger partial charge is 0.495 e. The number of carbonyl (C=O) groups is 1. The molecule has 1 heterocycles. The molecule has 0 spiro atoms. The van der Waals surface area contributed by atoms with Crippen LogP contribution in [0, 0.1) is 10.1 Å². The summed E-state index contributed by atoms with van der Waals surface area (Å²) in [5.74, 6) is 0.719. The molecule has 3 aromatic carbocycles. The zero-order valence-corrected chi connectivity index (χ0v) is 18.0. The second kappa shape index (κ2) is 9.52. The highest BCUT2D eigenvalue weighted by Crippen LogP contribution is 2.30. The number of amides is 1. The van der Waals surface area contributed by atoms with Gasteiger partial charge in [-0.1, -0.05) is 54.2 Å². The van der Waals surface area contributed by atoms with Gasteiger partial charge in [-0.3, -0.25) is 14.9 Å². The van der Waals surface area contributed by atoms with Crippen LogP contribution in [0.2, 0.25) is 0 Å². The number of nitrogens with one attached hydrogen (secondary N) is 1. The van der Waals surface area contributed by atoms with E-state index in [1.54, 1.807) is 11.8 Å². The quantitative estimate of drug-likeness (QED) is 0.234. The lowest BCUT2D eigenvalue weighted by Crippen LogP contribution is -2.19. The summed E-state index contributed by atoms with van der Waals surface area (Å²) in [5, 5.41) is 14.6. The number of nitro groups is 1. The Hall–Kier alpha value is -3.85. The number of ether oxygens (including phenoxy) is 1. The second-order valence-electron chi connectivity index (χ2n) is 6.93. The average molecular weight is 449 g/mol. The fraction of sp³-hybridized carbons (Fsp3) is 0.130. The Kier molecular flexibility index (Phi) is 6.37. The first kappa shape index (κ1) is 21.4. The molecule has 0 bridgehead atoms. The number of carbonyl (C=O) groups excluding carboxylic acids is 1. The summed E-state index contributed by atoms with van der Waals surface area (Å²) in [6.45, 7) is 0.00345. The molecule has 8 nitrogen and oxygen atoms in total. The van der Waals surface area contributed by atoms with Gasteiger partial charge in [0, 0.05) is 17.9 Å². The first-order chi connectivity index (χ1) is 15.5. The van der Waals surface area contributed by atoms with E-state index in [0.717, 1.165) is 21.8 Å². The van der Waals surface area contributed by atoms with Crippen LogP contribution in [0.25, 0.3) is 11.0 Å². The summed E-state index contributed by atoms with van der Waals surface area (Å²) in [7, 11) is 1.44. The molecule has 0 radical (unpaired) electrons.